The molecule has 1 aromatic heterocycles. The highest BCUT2D eigenvalue weighted by Gasteiger charge is 2.57. The van der Waals surface area contributed by atoms with Crippen molar-refractivity contribution in [2.75, 3.05) is 9.80 Å². The lowest BCUT2D eigenvalue weighted by Crippen LogP contribution is -2.60. The van der Waals surface area contributed by atoms with E-state index < -0.39 is 5.41 Å². The van der Waals surface area contributed by atoms with Gasteiger partial charge in [-0.3, -0.25) is 0 Å². The average Bonchev–Trinajstić information content (AvgIpc) is 4.18. The molecule has 0 amide bonds. The minimum absolute atomic E-state index is 0.0177. The van der Waals surface area contributed by atoms with Crippen molar-refractivity contribution in [2.45, 2.75) is 84.5 Å². The molecule has 4 heteroatoms. The molecule has 0 unspecified atom stereocenters. The second-order valence-corrected chi connectivity index (χ2v) is 25.0. The maximum atomic E-state index is 2.66. The Bertz CT molecular complexity index is 3920. The minimum atomic E-state index is -0.480. The summed E-state index contributed by atoms with van der Waals surface area (Å²) in [6.45, 7) is 20.8. The summed E-state index contributed by atoms with van der Waals surface area (Å²) >= 11 is 2.07. The zero-order valence-corrected chi connectivity index (χ0v) is 45.3. The normalized spacial score (nSPS) is 14.3. The van der Waals surface area contributed by atoms with Gasteiger partial charge in [0.15, 0.2) is 0 Å². The van der Waals surface area contributed by atoms with Gasteiger partial charge in [0.25, 0.3) is 6.71 Å². The number of anilines is 6. The largest absolute Gasteiger partial charge is 0.311 e. The Morgan fingerprint density at radius 2 is 1.05 bits per heavy atom. The Kier molecular flexibility index (Phi) is 10.1. The number of para-hydroxylation sites is 1. The quantitative estimate of drug-likeness (QED) is 0.159. The summed E-state index contributed by atoms with van der Waals surface area (Å²) in [6, 6.07) is 77.2. The average molecular weight is 985 g/mol. The smallest absolute Gasteiger partial charge is 0.264 e. The number of hydrogen-bond donors (Lipinski definition) is 0. The molecule has 2 nitrogen and oxygen atoms in total. The van der Waals surface area contributed by atoms with Crippen molar-refractivity contribution in [1.29, 1.82) is 0 Å². The predicted octanol–water partition coefficient (Wildman–Crippen LogP) is 17.5. The van der Waals surface area contributed by atoms with Crippen molar-refractivity contribution in [2.24, 2.45) is 0 Å². The monoisotopic (exact) mass is 984 g/mol. The van der Waals surface area contributed by atoms with Crippen LogP contribution in [0.25, 0.3) is 44.5 Å². The highest BCUT2D eigenvalue weighted by atomic mass is 32.1. The molecule has 9 aromatic carbocycles. The molecule has 0 fully saturated rings. The molecule has 364 valence electrons. The minimum Gasteiger partial charge on any atom is -0.311 e. The lowest BCUT2D eigenvalue weighted by molar-refractivity contribution is 0.590. The van der Waals surface area contributed by atoms with Crippen molar-refractivity contribution in [1.82, 2.24) is 0 Å². The molecule has 0 saturated carbocycles. The molecule has 0 bridgehead atoms. The van der Waals surface area contributed by atoms with Crippen LogP contribution in [0.3, 0.4) is 0 Å². The SMILES string of the molecule is Cc1cc2c3c(c1)N(c1ccccc1)c1c(sc4c1-c1ccc(C(C)C)cc1C41c4ccccc4-c4ccccc41)B3c1ccc(-c3cc(C(C)(C)C)ccc3-c3ccccc3)cc1N2c1ccc(C(C)(C)C)cc1. The van der Waals surface area contributed by atoms with Gasteiger partial charge in [0.2, 0.25) is 0 Å². The van der Waals surface area contributed by atoms with E-state index in [-0.39, 0.29) is 17.5 Å². The van der Waals surface area contributed by atoms with Crippen LogP contribution in [0.2, 0.25) is 0 Å². The highest BCUT2D eigenvalue weighted by molar-refractivity contribution is 7.30. The Labute approximate surface area is 448 Å². The van der Waals surface area contributed by atoms with E-state index in [2.05, 4.69) is 284 Å². The Balaban J connectivity index is 1.10. The first-order valence-electron chi connectivity index (χ1n) is 27.0. The molecule has 10 aromatic rings. The zero-order valence-electron chi connectivity index (χ0n) is 44.5. The number of benzene rings is 9. The van der Waals surface area contributed by atoms with Crippen LogP contribution in [0, 0.1) is 6.92 Å². The van der Waals surface area contributed by atoms with Gasteiger partial charge in [0, 0.05) is 43.7 Å². The summed E-state index contributed by atoms with van der Waals surface area (Å²) in [6.07, 6.45) is 0. The van der Waals surface area contributed by atoms with E-state index in [9.17, 15) is 0 Å². The first-order chi connectivity index (χ1) is 36.2. The molecule has 0 N–H and O–H groups in total. The van der Waals surface area contributed by atoms with Crippen molar-refractivity contribution >= 4 is 67.9 Å². The highest BCUT2D eigenvalue weighted by Crippen LogP contribution is 2.67. The molecule has 0 radical (unpaired) electrons. The van der Waals surface area contributed by atoms with Gasteiger partial charge < -0.3 is 9.80 Å². The molecule has 14 rings (SSSR count). The molecule has 2 aliphatic carbocycles. The van der Waals surface area contributed by atoms with Crippen LogP contribution in [-0.4, -0.2) is 6.71 Å². The van der Waals surface area contributed by atoms with Gasteiger partial charge in [-0.2, -0.15) is 0 Å². The number of rotatable bonds is 5. The summed E-state index contributed by atoms with van der Waals surface area (Å²) in [4.78, 5) is 6.69. The van der Waals surface area contributed by atoms with E-state index in [1.807, 2.05) is 0 Å². The van der Waals surface area contributed by atoms with Crippen LogP contribution in [0.4, 0.5) is 34.1 Å². The summed E-state index contributed by atoms with van der Waals surface area (Å²) in [5.74, 6) is 0.386. The maximum Gasteiger partial charge on any atom is 0.264 e. The van der Waals surface area contributed by atoms with E-state index in [4.69, 9.17) is 0 Å². The number of nitrogens with zero attached hydrogens (tertiary/aromatic N) is 2. The summed E-state index contributed by atoms with van der Waals surface area (Å²) in [7, 11) is 0. The molecule has 75 heavy (non-hydrogen) atoms. The van der Waals surface area contributed by atoms with Crippen LogP contribution in [0.15, 0.2) is 200 Å². The Morgan fingerprint density at radius 3 is 1.71 bits per heavy atom. The third-order valence-electron chi connectivity index (χ3n) is 17.0. The van der Waals surface area contributed by atoms with Crippen LogP contribution in [0.5, 0.6) is 0 Å². The fourth-order valence-corrected chi connectivity index (χ4v) is 15.0. The van der Waals surface area contributed by atoms with E-state index in [0.29, 0.717) is 5.92 Å². The maximum absolute atomic E-state index is 2.66. The van der Waals surface area contributed by atoms with Crippen molar-refractivity contribution in [3.8, 4) is 44.5 Å². The third kappa shape index (κ3) is 6.64. The van der Waals surface area contributed by atoms with Gasteiger partial charge >= 0.3 is 0 Å². The van der Waals surface area contributed by atoms with E-state index in [1.165, 1.54) is 132 Å². The molecular formula is C71H61BN2S. The van der Waals surface area contributed by atoms with Gasteiger partial charge in [-0.1, -0.05) is 213 Å². The predicted molar refractivity (Wildman–Crippen MR) is 322 cm³/mol. The first kappa shape index (κ1) is 45.9. The molecule has 1 spiro atoms. The second-order valence-electron chi connectivity index (χ2n) is 23.9. The lowest BCUT2D eigenvalue weighted by Gasteiger charge is -2.44. The Morgan fingerprint density at radius 1 is 0.467 bits per heavy atom. The number of hydrogen-bond acceptors (Lipinski definition) is 3. The third-order valence-corrected chi connectivity index (χ3v) is 18.4. The van der Waals surface area contributed by atoms with Crippen molar-refractivity contribution < 1.29 is 0 Å². The van der Waals surface area contributed by atoms with Crippen molar-refractivity contribution in [3.05, 3.63) is 244 Å². The number of thiophene rings is 1. The van der Waals surface area contributed by atoms with E-state index in [0.717, 1.165) is 5.69 Å². The van der Waals surface area contributed by atoms with Gasteiger partial charge in [0.1, 0.15) is 0 Å². The summed E-state index contributed by atoms with van der Waals surface area (Å²) in [5, 5.41) is 0. The van der Waals surface area contributed by atoms with Gasteiger partial charge in [-0.25, -0.2) is 0 Å². The lowest BCUT2D eigenvalue weighted by atomic mass is 9.36. The van der Waals surface area contributed by atoms with Crippen LogP contribution in [-0.2, 0) is 16.2 Å². The standard InChI is InChI=1S/C71H61BN2S/c1-43(2)46-28-35-55-59(40-46)71(57-26-18-16-24-53(57)54-25-17-19-27-58(54)71)67-64(55)66-68(75-67)72-60-37-29-47(56-42-49(70(7,8)9)32-36-52(56)45-20-12-10-13-21-45)41-61(60)73(51-33-30-48(31-34-51)69(4,5)6)62-38-44(3)39-63(65(62)72)74(66)50-22-14-11-15-23-50/h10-43H,1-9H3. The van der Waals surface area contributed by atoms with Crippen molar-refractivity contribution in [3.63, 3.8) is 0 Å². The molecular weight excluding hydrogens is 924 g/mol. The Hall–Kier alpha value is -7.66. The molecule has 3 heterocycles. The second kappa shape index (κ2) is 16.4. The fraction of sp³-hybridized carbons (Fsp3) is 0.183. The summed E-state index contributed by atoms with van der Waals surface area (Å²) in [5.41, 5.74) is 29.3. The van der Waals surface area contributed by atoms with Crippen LogP contribution < -0.4 is 25.5 Å². The van der Waals surface area contributed by atoms with Gasteiger partial charge in [-0.15, -0.1) is 11.3 Å². The number of aryl methyl sites for hydroxylation is 1. The molecule has 0 saturated heterocycles. The molecule has 4 aliphatic rings. The zero-order chi connectivity index (χ0) is 51.3. The first-order valence-corrected chi connectivity index (χ1v) is 27.8. The van der Waals surface area contributed by atoms with Gasteiger partial charge in [0.05, 0.1) is 11.1 Å². The number of fused-ring (bicyclic) bond motifs is 15. The van der Waals surface area contributed by atoms with E-state index in [1.54, 1.807) is 0 Å². The fourth-order valence-electron chi connectivity index (χ4n) is 13.3. The summed E-state index contributed by atoms with van der Waals surface area (Å²) < 4.78 is 1.40. The topological polar surface area (TPSA) is 6.48 Å². The molecule has 2 aliphatic heterocycles. The van der Waals surface area contributed by atoms with Crippen LogP contribution in [0.1, 0.15) is 105 Å². The van der Waals surface area contributed by atoms with E-state index >= 15 is 0 Å². The molecule has 0 atom stereocenters. The van der Waals surface area contributed by atoms with Gasteiger partial charge in [-0.05, 0) is 155 Å². The van der Waals surface area contributed by atoms with Crippen LogP contribution >= 0.6 is 11.3 Å².